The zero-order valence-corrected chi connectivity index (χ0v) is 12.1. The quantitative estimate of drug-likeness (QED) is 0.787. The molecule has 114 valence electrons. The Kier molecular flexibility index (Phi) is 6.27. The monoisotopic (exact) mass is 285 g/mol. The summed E-state index contributed by atoms with van der Waals surface area (Å²) in [5.41, 5.74) is 0. The van der Waals surface area contributed by atoms with Gasteiger partial charge in [-0.1, -0.05) is 13.3 Å². The molecule has 1 aliphatic heterocycles. The zero-order chi connectivity index (χ0) is 15.1. The number of carboxylic acids is 1. The van der Waals surface area contributed by atoms with Crippen LogP contribution in [0.2, 0.25) is 0 Å². The standard InChI is InChI=1S/C13H23N3O4/c1-3-5-11(12(18)19)14-13(20)16-7-4-6-15(8-9-16)10(2)17/h11H,3-9H2,1-2H3,(H,14,20)(H,18,19)/t11-/m1/s1. The van der Waals surface area contributed by atoms with E-state index in [-0.39, 0.29) is 11.9 Å². The lowest BCUT2D eigenvalue weighted by Crippen LogP contribution is -2.49. The predicted octanol–water partition coefficient (Wildman–Crippen LogP) is 0.504. The van der Waals surface area contributed by atoms with Crippen LogP contribution in [-0.4, -0.2) is 65.0 Å². The molecule has 1 aliphatic rings. The Morgan fingerprint density at radius 3 is 2.30 bits per heavy atom. The molecule has 0 aliphatic carbocycles. The molecular weight excluding hydrogens is 262 g/mol. The third-order valence-electron chi connectivity index (χ3n) is 3.40. The minimum Gasteiger partial charge on any atom is -0.480 e. The minimum absolute atomic E-state index is 0.00153. The van der Waals surface area contributed by atoms with E-state index in [1.807, 2.05) is 6.92 Å². The van der Waals surface area contributed by atoms with Gasteiger partial charge in [0, 0.05) is 33.1 Å². The Morgan fingerprint density at radius 2 is 1.75 bits per heavy atom. The Balaban J connectivity index is 2.54. The van der Waals surface area contributed by atoms with Gasteiger partial charge in [-0.25, -0.2) is 9.59 Å². The van der Waals surface area contributed by atoms with Crippen LogP contribution in [0, 0.1) is 0 Å². The Labute approximate surface area is 118 Å². The van der Waals surface area contributed by atoms with E-state index in [1.165, 1.54) is 6.92 Å². The molecule has 2 N–H and O–H groups in total. The third-order valence-corrected chi connectivity index (χ3v) is 3.40. The summed E-state index contributed by atoms with van der Waals surface area (Å²) in [6.07, 6.45) is 1.81. The van der Waals surface area contributed by atoms with E-state index >= 15 is 0 Å². The van der Waals surface area contributed by atoms with Crippen molar-refractivity contribution in [2.45, 2.75) is 39.2 Å². The van der Waals surface area contributed by atoms with Crippen molar-refractivity contribution in [2.24, 2.45) is 0 Å². The first-order valence-electron chi connectivity index (χ1n) is 6.99. The Hall–Kier alpha value is -1.79. The highest BCUT2D eigenvalue weighted by molar-refractivity contribution is 5.82. The molecular formula is C13H23N3O4. The van der Waals surface area contributed by atoms with Crippen LogP contribution >= 0.6 is 0 Å². The van der Waals surface area contributed by atoms with Gasteiger partial charge in [0.2, 0.25) is 5.91 Å². The smallest absolute Gasteiger partial charge is 0.326 e. The maximum atomic E-state index is 12.1. The molecule has 1 rings (SSSR count). The third kappa shape index (κ3) is 4.71. The molecule has 0 aromatic rings. The molecule has 0 saturated carbocycles. The molecule has 0 bridgehead atoms. The normalized spacial score (nSPS) is 17.3. The van der Waals surface area contributed by atoms with E-state index in [4.69, 9.17) is 5.11 Å². The number of nitrogens with one attached hydrogen (secondary N) is 1. The van der Waals surface area contributed by atoms with Gasteiger partial charge >= 0.3 is 12.0 Å². The highest BCUT2D eigenvalue weighted by Gasteiger charge is 2.24. The number of urea groups is 1. The molecule has 1 fully saturated rings. The molecule has 0 aromatic carbocycles. The number of carboxylic acid groups (broad SMARTS) is 1. The van der Waals surface area contributed by atoms with Crippen LogP contribution in [0.3, 0.4) is 0 Å². The van der Waals surface area contributed by atoms with Gasteiger partial charge in [0.05, 0.1) is 0 Å². The summed E-state index contributed by atoms with van der Waals surface area (Å²) in [7, 11) is 0. The van der Waals surface area contributed by atoms with E-state index in [1.54, 1.807) is 9.80 Å². The lowest BCUT2D eigenvalue weighted by atomic mass is 10.2. The van der Waals surface area contributed by atoms with Crippen molar-refractivity contribution in [1.82, 2.24) is 15.1 Å². The summed E-state index contributed by atoms with van der Waals surface area (Å²) in [5, 5.41) is 11.6. The molecule has 7 heteroatoms. The summed E-state index contributed by atoms with van der Waals surface area (Å²) in [5.74, 6) is -1.01. The summed E-state index contributed by atoms with van der Waals surface area (Å²) in [6, 6.07) is -1.21. The van der Waals surface area contributed by atoms with Crippen LogP contribution in [-0.2, 0) is 9.59 Å². The van der Waals surface area contributed by atoms with Gasteiger partial charge < -0.3 is 20.2 Å². The summed E-state index contributed by atoms with van der Waals surface area (Å²) in [4.78, 5) is 37.7. The van der Waals surface area contributed by atoms with Crippen molar-refractivity contribution in [2.75, 3.05) is 26.2 Å². The fourth-order valence-electron chi connectivity index (χ4n) is 2.22. The number of amides is 3. The predicted molar refractivity (Wildman–Crippen MR) is 73.3 cm³/mol. The number of rotatable bonds is 4. The lowest BCUT2D eigenvalue weighted by Gasteiger charge is -2.23. The van der Waals surface area contributed by atoms with Crippen LogP contribution in [0.4, 0.5) is 4.79 Å². The average molecular weight is 285 g/mol. The molecule has 0 radical (unpaired) electrons. The number of carbonyl (C=O) groups is 3. The Bertz CT molecular complexity index is 373. The summed E-state index contributed by atoms with van der Waals surface area (Å²) >= 11 is 0. The second-order valence-corrected chi connectivity index (χ2v) is 4.98. The highest BCUT2D eigenvalue weighted by atomic mass is 16.4. The van der Waals surface area contributed by atoms with Gasteiger partial charge in [0.1, 0.15) is 6.04 Å². The topological polar surface area (TPSA) is 90.0 Å². The maximum absolute atomic E-state index is 12.1. The van der Waals surface area contributed by atoms with Crippen LogP contribution < -0.4 is 5.32 Å². The second kappa shape index (κ2) is 7.72. The van der Waals surface area contributed by atoms with Crippen LogP contribution in [0.5, 0.6) is 0 Å². The van der Waals surface area contributed by atoms with E-state index in [2.05, 4.69) is 5.32 Å². The number of hydrogen-bond acceptors (Lipinski definition) is 3. The van der Waals surface area contributed by atoms with Gasteiger partial charge in [-0.3, -0.25) is 4.79 Å². The molecule has 1 atom stereocenters. The van der Waals surface area contributed by atoms with Gasteiger partial charge in [-0.2, -0.15) is 0 Å². The van der Waals surface area contributed by atoms with E-state index in [0.29, 0.717) is 45.4 Å². The van der Waals surface area contributed by atoms with Gasteiger partial charge in [-0.15, -0.1) is 0 Å². The van der Waals surface area contributed by atoms with Crippen LogP contribution in [0.1, 0.15) is 33.1 Å². The van der Waals surface area contributed by atoms with Crippen molar-refractivity contribution < 1.29 is 19.5 Å². The van der Waals surface area contributed by atoms with E-state index in [9.17, 15) is 14.4 Å². The molecule has 1 heterocycles. The van der Waals surface area contributed by atoms with Crippen molar-refractivity contribution in [1.29, 1.82) is 0 Å². The molecule has 3 amide bonds. The molecule has 0 spiro atoms. The van der Waals surface area contributed by atoms with Crippen LogP contribution in [0.15, 0.2) is 0 Å². The summed E-state index contributed by atoms with van der Waals surface area (Å²) < 4.78 is 0. The summed E-state index contributed by atoms with van der Waals surface area (Å²) in [6.45, 7) is 5.48. The molecule has 0 aromatic heterocycles. The maximum Gasteiger partial charge on any atom is 0.326 e. The molecule has 0 unspecified atom stereocenters. The van der Waals surface area contributed by atoms with E-state index < -0.39 is 12.0 Å². The van der Waals surface area contributed by atoms with E-state index in [0.717, 1.165) is 0 Å². The van der Waals surface area contributed by atoms with Gasteiger partial charge in [0.25, 0.3) is 0 Å². The van der Waals surface area contributed by atoms with Crippen molar-refractivity contribution >= 4 is 17.9 Å². The van der Waals surface area contributed by atoms with Gasteiger partial charge in [-0.05, 0) is 12.8 Å². The SMILES string of the molecule is CCC[C@@H](NC(=O)N1CCCN(C(C)=O)CC1)C(=O)O. The van der Waals surface area contributed by atoms with Gasteiger partial charge in [0.15, 0.2) is 0 Å². The largest absolute Gasteiger partial charge is 0.480 e. The van der Waals surface area contributed by atoms with Crippen LogP contribution in [0.25, 0.3) is 0 Å². The zero-order valence-electron chi connectivity index (χ0n) is 12.1. The fraction of sp³-hybridized carbons (Fsp3) is 0.769. The molecule has 7 nitrogen and oxygen atoms in total. The first kappa shape index (κ1) is 16.3. The highest BCUT2D eigenvalue weighted by Crippen LogP contribution is 2.05. The average Bonchev–Trinajstić information content (AvgIpc) is 2.63. The number of aliphatic carboxylic acids is 1. The fourth-order valence-corrected chi connectivity index (χ4v) is 2.22. The first-order valence-corrected chi connectivity index (χ1v) is 6.99. The number of carbonyl (C=O) groups excluding carboxylic acids is 2. The number of nitrogens with zero attached hydrogens (tertiary/aromatic N) is 2. The molecule has 20 heavy (non-hydrogen) atoms. The minimum atomic E-state index is -1.01. The second-order valence-electron chi connectivity index (χ2n) is 4.98. The number of hydrogen-bond donors (Lipinski definition) is 2. The van der Waals surface area contributed by atoms with Crippen molar-refractivity contribution in [3.8, 4) is 0 Å². The lowest BCUT2D eigenvalue weighted by molar-refractivity contribution is -0.139. The Morgan fingerprint density at radius 1 is 1.15 bits per heavy atom. The first-order chi connectivity index (χ1) is 9.45. The van der Waals surface area contributed by atoms with Crippen molar-refractivity contribution in [3.05, 3.63) is 0 Å². The molecule has 1 saturated heterocycles. The van der Waals surface area contributed by atoms with Crippen molar-refractivity contribution in [3.63, 3.8) is 0 Å².